The van der Waals surface area contributed by atoms with Gasteiger partial charge in [-0.05, 0) is 56.0 Å². The molecule has 2 saturated heterocycles. The van der Waals surface area contributed by atoms with Gasteiger partial charge in [-0.1, -0.05) is 6.07 Å². The molecule has 2 aliphatic rings. The van der Waals surface area contributed by atoms with E-state index in [9.17, 15) is 27.9 Å². The fourth-order valence-corrected chi connectivity index (χ4v) is 8.98. The van der Waals surface area contributed by atoms with Crippen LogP contribution in [-0.4, -0.2) is 103 Å². The highest BCUT2D eigenvalue weighted by Crippen LogP contribution is 2.35. The summed E-state index contributed by atoms with van der Waals surface area (Å²) in [5, 5.41) is 27.8. The van der Waals surface area contributed by atoms with Crippen LogP contribution < -0.4 is 10.6 Å². The van der Waals surface area contributed by atoms with Crippen LogP contribution in [0.4, 0.5) is 24.9 Å². The number of likely N-dealkylation sites (tertiary alicyclic amines) is 1. The lowest BCUT2D eigenvalue weighted by molar-refractivity contribution is -0.126. The molecule has 0 amide bonds. The lowest BCUT2D eigenvalue weighted by Gasteiger charge is -2.39. The molecule has 0 bridgehead atoms. The molecule has 50 heavy (non-hydrogen) atoms. The largest absolute Gasteiger partial charge is 0.393 e. The molecule has 266 valence electrons. The van der Waals surface area contributed by atoms with Crippen LogP contribution in [0.5, 0.6) is 0 Å². The summed E-state index contributed by atoms with van der Waals surface area (Å²) >= 11 is 1.05. The number of hydrogen-bond acceptors (Lipinski definition) is 10. The van der Waals surface area contributed by atoms with Gasteiger partial charge in [0.2, 0.25) is 5.95 Å². The molecule has 1 aromatic carbocycles. The standard InChI is InChI=1S/C34H41F3N10OS2/c1-21(45-11-12-47(50(4)48)26(17-39)20-45)18-46-25(16-38)13-28-22(2)23(5-6-30(28)46)19-44-9-7-24(8-10-44)41-31-29-14-27(15-34(35,36)37)49-32(29)43-33(40-3)42-31/h5-6,13-14,21,24,26H,7-12,15,18-20H2,1-4H3,(H2,40,41,42,43)/t21-,26?,50?/m0/s1. The zero-order chi connectivity index (χ0) is 35.7. The molecule has 2 unspecified atom stereocenters. The molecule has 0 aliphatic carbocycles. The van der Waals surface area contributed by atoms with Gasteiger partial charge in [0.25, 0.3) is 0 Å². The van der Waals surface area contributed by atoms with E-state index in [1.165, 1.54) is 5.56 Å². The van der Waals surface area contributed by atoms with E-state index in [1.54, 1.807) is 23.7 Å². The summed E-state index contributed by atoms with van der Waals surface area (Å²) in [6.45, 7) is 9.03. The Morgan fingerprint density at radius 3 is 2.54 bits per heavy atom. The van der Waals surface area contributed by atoms with Crippen molar-refractivity contribution in [3.63, 3.8) is 0 Å². The Balaban J connectivity index is 1.11. The number of alkyl halides is 3. The van der Waals surface area contributed by atoms with Crippen molar-refractivity contribution < 1.29 is 17.4 Å². The van der Waals surface area contributed by atoms with E-state index in [0.717, 1.165) is 60.3 Å². The first-order chi connectivity index (χ1) is 23.9. The Kier molecular flexibility index (Phi) is 10.7. The third kappa shape index (κ3) is 7.75. The smallest absolute Gasteiger partial charge is 0.367 e. The van der Waals surface area contributed by atoms with Crippen LogP contribution in [0, 0.1) is 29.6 Å². The quantitative estimate of drug-likeness (QED) is 0.226. The van der Waals surface area contributed by atoms with Crippen LogP contribution in [0.2, 0.25) is 0 Å². The number of piperidine rings is 1. The minimum absolute atomic E-state index is 0.0702. The van der Waals surface area contributed by atoms with Crippen molar-refractivity contribution in [1.82, 2.24) is 28.6 Å². The van der Waals surface area contributed by atoms with Gasteiger partial charge in [0.15, 0.2) is 0 Å². The summed E-state index contributed by atoms with van der Waals surface area (Å²) < 4.78 is 55.1. The minimum Gasteiger partial charge on any atom is -0.367 e. The highest BCUT2D eigenvalue weighted by Gasteiger charge is 2.32. The number of benzene rings is 1. The Morgan fingerprint density at radius 2 is 1.88 bits per heavy atom. The first-order valence-electron chi connectivity index (χ1n) is 16.7. The Hall–Kier alpha value is -3.80. The number of thiophene rings is 1. The summed E-state index contributed by atoms with van der Waals surface area (Å²) in [5.41, 5.74) is 3.95. The number of fused-ring (bicyclic) bond motifs is 2. The molecule has 5 heterocycles. The number of hydrogen-bond donors (Lipinski definition) is 2. The van der Waals surface area contributed by atoms with Crippen LogP contribution in [0.15, 0.2) is 24.3 Å². The minimum atomic E-state index is -4.29. The monoisotopic (exact) mass is 726 g/mol. The molecular weight excluding hydrogens is 686 g/mol. The summed E-state index contributed by atoms with van der Waals surface area (Å²) in [7, 11) is 0.493. The molecule has 11 nitrogen and oxygen atoms in total. The topological polar surface area (TPSA) is 129 Å². The predicted octanol–water partition coefficient (Wildman–Crippen LogP) is 5.24. The number of nitrogens with one attached hydrogen (secondary N) is 2. The molecular formula is C34H41F3N10OS2. The normalized spacial score (nSPS) is 19.7. The maximum atomic E-state index is 13.1. The molecule has 3 atom stereocenters. The van der Waals surface area contributed by atoms with E-state index in [1.807, 2.05) is 6.07 Å². The Morgan fingerprint density at radius 1 is 1.12 bits per heavy atom. The molecule has 3 aromatic heterocycles. The van der Waals surface area contributed by atoms with Crippen LogP contribution in [0.1, 0.15) is 41.5 Å². The van der Waals surface area contributed by atoms with Crippen LogP contribution in [-0.2, 0) is 30.5 Å². The summed E-state index contributed by atoms with van der Waals surface area (Å²) in [6, 6.07) is 12.2. The predicted molar refractivity (Wildman–Crippen MR) is 191 cm³/mol. The van der Waals surface area contributed by atoms with Gasteiger partial charge in [0.1, 0.15) is 28.5 Å². The SMILES string of the molecule is CNc1nc(NC2CCN(Cc3ccc4c(cc(C#N)n4C[C@H](C)N4CCN(S(C)=O)C(C#N)C4)c3C)CC2)c2cc(CC(F)(F)F)sc2n1. The molecule has 0 radical (unpaired) electrons. The molecule has 16 heteroatoms. The maximum absolute atomic E-state index is 13.1. The maximum Gasteiger partial charge on any atom is 0.393 e. The first-order valence-corrected chi connectivity index (χ1v) is 19.0. The van der Waals surface area contributed by atoms with Crippen molar-refractivity contribution in [3.8, 4) is 12.1 Å². The molecule has 4 aromatic rings. The zero-order valence-electron chi connectivity index (χ0n) is 28.5. The van der Waals surface area contributed by atoms with E-state index in [0.29, 0.717) is 53.9 Å². The molecule has 6 rings (SSSR count). The Labute approximate surface area is 296 Å². The van der Waals surface area contributed by atoms with Crippen molar-refractivity contribution in [2.75, 3.05) is 56.7 Å². The average Bonchev–Trinajstić information content (AvgIpc) is 3.66. The van der Waals surface area contributed by atoms with Gasteiger partial charge in [-0.2, -0.15) is 28.7 Å². The molecule has 0 saturated carbocycles. The van der Waals surface area contributed by atoms with Crippen molar-refractivity contribution in [3.05, 3.63) is 46.0 Å². The third-order valence-corrected chi connectivity index (χ3v) is 12.0. The summed E-state index contributed by atoms with van der Waals surface area (Å²) in [4.78, 5) is 14.3. The van der Waals surface area contributed by atoms with Crippen LogP contribution in [0.25, 0.3) is 21.1 Å². The van der Waals surface area contributed by atoms with E-state index in [4.69, 9.17) is 0 Å². The van der Waals surface area contributed by atoms with Gasteiger partial charge in [-0.3, -0.25) is 9.80 Å². The lowest BCUT2D eigenvalue weighted by atomic mass is 10.0. The number of piperazine rings is 1. The first kappa shape index (κ1) is 36.0. The fraction of sp³-hybridized carbons (Fsp3) is 0.529. The van der Waals surface area contributed by atoms with Gasteiger partial charge in [-0.15, -0.1) is 11.3 Å². The van der Waals surface area contributed by atoms with Crippen molar-refractivity contribution in [2.24, 2.45) is 0 Å². The van der Waals surface area contributed by atoms with Gasteiger partial charge in [0.05, 0.1) is 28.9 Å². The van der Waals surface area contributed by atoms with Crippen molar-refractivity contribution in [1.29, 1.82) is 10.5 Å². The van der Waals surface area contributed by atoms with Gasteiger partial charge in [0, 0.05) is 87.0 Å². The Bertz CT molecular complexity index is 1970. The van der Waals surface area contributed by atoms with Gasteiger partial charge >= 0.3 is 6.18 Å². The lowest BCUT2D eigenvalue weighted by Crippen LogP contribution is -2.55. The van der Waals surface area contributed by atoms with Crippen molar-refractivity contribution >= 4 is 55.2 Å². The molecule has 0 spiro atoms. The van der Waals surface area contributed by atoms with Crippen LogP contribution >= 0.6 is 11.3 Å². The number of aryl methyl sites for hydroxylation is 1. The number of nitriles is 2. The molecule has 2 fully saturated rings. The second kappa shape index (κ2) is 14.8. The summed E-state index contributed by atoms with van der Waals surface area (Å²) in [5.74, 6) is 0.924. The number of rotatable bonds is 10. The average molecular weight is 727 g/mol. The number of halogens is 3. The summed E-state index contributed by atoms with van der Waals surface area (Å²) in [6.07, 6.45) is -1.97. The molecule has 2 N–H and O–H groups in total. The van der Waals surface area contributed by atoms with E-state index in [2.05, 4.69) is 73.1 Å². The van der Waals surface area contributed by atoms with E-state index < -0.39 is 29.6 Å². The third-order valence-electron chi connectivity index (χ3n) is 9.86. The van der Waals surface area contributed by atoms with Crippen molar-refractivity contribution in [2.45, 2.75) is 70.5 Å². The second-order valence-corrected chi connectivity index (χ2v) is 15.6. The van der Waals surface area contributed by atoms with Gasteiger partial charge < -0.3 is 15.2 Å². The highest BCUT2D eigenvalue weighted by atomic mass is 32.2. The van der Waals surface area contributed by atoms with E-state index in [-0.39, 0.29) is 17.0 Å². The fourth-order valence-electron chi connectivity index (χ4n) is 7.11. The van der Waals surface area contributed by atoms with E-state index >= 15 is 0 Å². The highest BCUT2D eigenvalue weighted by molar-refractivity contribution is 7.81. The van der Waals surface area contributed by atoms with Crippen LogP contribution in [0.3, 0.4) is 0 Å². The number of anilines is 2. The van der Waals surface area contributed by atoms with Gasteiger partial charge in [-0.25, -0.2) is 13.5 Å². The number of nitrogens with zero attached hydrogens (tertiary/aromatic N) is 8. The zero-order valence-corrected chi connectivity index (χ0v) is 30.2. The second-order valence-electron chi connectivity index (χ2n) is 13.2. The number of aromatic nitrogens is 3. The molecule has 2 aliphatic heterocycles.